The molecule has 0 aliphatic rings. The molecule has 0 aliphatic heterocycles. The van der Waals surface area contributed by atoms with E-state index in [-0.39, 0.29) is 5.56 Å². The molecule has 0 N–H and O–H groups in total. The van der Waals surface area contributed by atoms with Gasteiger partial charge >= 0.3 is 5.97 Å². The molecule has 0 fully saturated rings. The lowest BCUT2D eigenvalue weighted by Gasteiger charge is -2.10. The fraction of sp³-hybridized carbons (Fsp3) is 0.364. The van der Waals surface area contributed by atoms with Crippen LogP contribution in [-0.4, -0.2) is 12.1 Å². The Balaban J connectivity index is 3.13. The molecule has 0 saturated heterocycles. The van der Waals surface area contributed by atoms with Gasteiger partial charge in [0.1, 0.15) is 17.2 Å². The summed E-state index contributed by atoms with van der Waals surface area (Å²) in [5, 5.41) is 0. The van der Waals surface area contributed by atoms with E-state index in [1.165, 1.54) is 13.0 Å². The third-order valence-electron chi connectivity index (χ3n) is 1.83. The molecule has 0 aromatic heterocycles. The van der Waals surface area contributed by atoms with Crippen LogP contribution in [0.25, 0.3) is 0 Å². The lowest BCUT2D eigenvalue weighted by atomic mass is 10.1. The molecule has 0 saturated carbocycles. The minimum atomic E-state index is -0.969. The molecular formula is C11H12F2O2. The monoisotopic (exact) mass is 214 g/mol. The number of rotatable bonds is 2. The number of halogens is 2. The fourth-order valence-corrected chi connectivity index (χ4v) is 1.12. The van der Waals surface area contributed by atoms with Crippen LogP contribution in [0.1, 0.15) is 29.8 Å². The number of carbonyl (C=O) groups is 1. The zero-order chi connectivity index (χ0) is 11.6. The third-order valence-corrected chi connectivity index (χ3v) is 1.83. The fourth-order valence-electron chi connectivity index (χ4n) is 1.12. The van der Waals surface area contributed by atoms with Crippen molar-refractivity contribution in [3.63, 3.8) is 0 Å². The molecular weight excluding hydrogens is 202 g/mol. The van der Waals surface area contributed by atoms with Gasteiger partial charge in [-0.15, -0.1) is 0 Å². The van der Waals surface area contributed by atoms with Gasteiger partial charge in [0.25, 0.3) is 0 Å². The summed E-state index contributed by atoms with van der Waals surface area (Å²) in [5.41, 5.74) is -0.407. The predicted octanol–water partition coefficient (Wildman–Crippen LogP) is 2.84. The number of hydrogen-bond donors (Lipinski definition) is 0. The Bertz CT molecular complexity index is 386. The van der Waals surface area contributed by atoms with Crippen LogP contribution < -0.4 is 0 Å². The maximum atomic E-state index is 13.4. The number of benzene rings is 1. The molecule has 0 spiro atoms. The summed E-state index contributed by atoms with van der Waals surface area (Å²) < 4.78 is 31.3. The molecule has 4 heteroatoms. The molecule has 1 rings (SSSR count). The molecule has 0 amide bonds. The number of esters is 1. The summed E-state index contributed by atoms with van der Waals surface area (Å²) in [6.45, 7) is 4.69. The number of hydrogen-bond acceptors (Lipinski definition) is 2. The van der Waals surface area contributed by atoms with Crippen LogP contribution in [0.4, 0.5) is 8.78 Å². The summed E-state index contributed by atoms with van der Waals surface area (Å²) in [4.78, 5) is 11.3. The molecule has 0 radical (unpaired) electrons. The summed E-state index contributed by atoms with van der Waals surface area (Å²) in [7, 11) is 0. The third kappa shape index (κ3) is 2.52. The van der Waals surface area contributed by atoms with Crippen molar-refractivity contribution in [2.24, 2.45) is 0 Å². The van der Waals surface area contributed by atoms with E-state index in [0.717, 1.165) is 6.07 Å². The lowest BCUT2D eigenvalue weighted by Crippen LogP contribution is -2.15. The summed E-state index contributed by atoms with van der Waals surface area (Å²) in [6, 6.07) is 2.33. The van der Waals surface area contributed by atoms with Crippen molar-refractivity contribution >= 4 is 5.97 Å². The molecule has 1 aromatic carbocycles. The van der Waals surface area contributed by atoms with E-state index in [4.69, 9.17) is 4.74 Å². The van der Waals surface area contributed by atoms with Gasteiger partial charge in [0.15, 0.2) is 0 Å². The Hall–Kier alpha value is -1.45. The number of aryl methyl sites for hydroxylation is 1. The van der Waals surface area contributed by atoms with Crippen molar-refractivity contribution in [2.75, 3.05) is 0 Å². The van der Waals surface area contributed by atoms with Crippen molar-refractivity contribution in [1.29, 1.82) is 0 Å². The van der Waals surface area contributed by atoms with Crippen molar-refractivity contribution < 1.29 is 18.3 Å². The summed E-state index contributed by atoms with van der Waals surface area (Å²) in [6.07, 6.45) is -0.406. The van der Waals surface area contributed by atoms with Crippen LogP contribution in [0.2, 0.25) is 0 Å². The first kappa shape index (κ1) is 11.6. The van der Waals surface area contributed by atoms with Gasteiger partial charge in [0.2, 0.25) is 0 Å². The Labute approximate surface area is 86.9 Å². The van der Waals surface area contributed by atoms with Crippen LogP contribution in [-0.2, 0) is 4.74 Å². The zero-order valence-corrected chi connectivity index (χ0v) is 8.80. The van der Waals surface area contributed by atoms with Gasteiger partial charge in [-0.3, -0.25) is 0 Å². The van der Waals surface area contributed by atoms with Crippen LogP contribution >= 0.6 is 0 Å². The Morgan fingerprint density at radius 2 is 1.93 bits per heavy atom. The maximum Gasteiger partial charge on any atom is 0.344 e. The van der Waals surface area contributed by atoms with E-state index in [0.29, 0.717) is 0 Å². The summed E-state index contributed by atoms with van der Waals surface area (Å²) >= 11 is 0. The van der Waals surface area contributed by atoms with Crippen LogP contribution in [0.15, 0.2) is 12.1 Å². The van der Waals surface area contributed by atoms with Gasteiger partial charge in [-0.1, -0.05) is 6.07 Å². The van der Waals surface area contributed by atoms with Gasteiger partial charge in [-0.2, -0.15) is 0 Å². The van der Waals surface area contributed by atoms with Gasteiger partial charge < -0.3 is 4.74 Å². The predicted molar refractivity (Wildman–Crippen MR) is 51.6 cm³/mol. The van der Waals surface area contributed by atoms with Crippen molar-refractivity contribution in [3.8, 4) is 0 Å². The first-order chi connectivity index (χ1) is 6.93. The van der Waals surface area contributed by atoms with Crippen LogP contribution in [0.5, 0.6) is 0 Å². The summed E-state index contributed by atoms with van der Waals surface area (Å²) in [5.74, 6) is -2.73. The first-order valence-electron chi connectivity index (χ1n) is 4.59. The smallest absolute Gasteiger partial charge is 0.344 e. The number of ether oxygens (including phenoxy) is 1. The van der Waals surface area contributed by atoms with Crippen molar-refractivity contribution in [1.82, 2.24) is 0 Å². The molecule has 0 aliphatic carbocycles. The van der Waals surface area contributed by atoms with E-state index in [2.05, 4.69) is 0 Å². The molecule has 2 nitrogen and oxygen atoms in total. The van der Waals surface area contributed by atoms with Crippen LogP contribution in [0, 0.1) is 18.6 Å². The average molecular weight is 214 g/mol. The Kier molecular flexibility index (Phi) is 3.39. The van der Waals surface area contributed by atoms with Gasteiger partial charge in [0.05, 0.1) is 6.10 Å². The van der Waals surface area contributed by atoms with E-state index in [1.807, 2.05) is 0 Å². The van der Waals surface area contributed by atoms with E-state index in [1.54, 1.807) is 13.8 Å². The number of carbonyl (C=O) groups excluding carboxylic acids is 1. The van der Waals surface area contributed by atoms with Gasteiger partial charge in [-0.05, 0) is 32.4 Å². The van der Waals surface area contributed by atoms with E-state index >= 15 is 0 Å². The quantitative estimate of drug-likeness (QED) is 0.707. The van der Waals surface area contributed by atoms with Gasteiger partial charge in [0, 0.05) is 0 Å². The maximum absolute atomic E-state index is 13.4. The minimum absolute atomic E-state index is 0.215. The average Bonchev–Trinajstić information content (AvgIpc) is 2.11. The molecule has 0 atom stereocenters. The second-order valence-corrected chi connectivity index (χ2v) is 3.51. The highest BCUT2D eigenvalue weighted by atomic mass is 19.1. The van der Waals surface area contributed by atoms with Crippen molar-refractivity contribution in [3.05, 3.63) is 34.9 Å². The Morgan fingerprint density at radius 1 is 1.33 bits per heavy atom. The lowest BCUT2D eigenvalue weighted by molar-refractivity contribution is 0.0366. The molecule has 15 heavy (non-hydrogen) atoms. The first-order valence-corrected chi connectivity index (χ1v) is 4.59. The molecule has 0 heterocycles. The standard InChI is InChI=1S/C11H12F2O2/c1-6(2)15-11(14)9-8(12)5-4-7(3)10(9)13/h4-6H,1-3H3. The largest absolute Gasteiger partial charge is 0.459 e. The van der Waals surface area contributed by atoms with Gasteiger partial charge in [-0.25, -0.2) is 13.6 Å². The second-order valence-electron chi connectivity index (χ2n) is 3.51. The van der Waals surface area contributed by atoms with Crippen LogP contribution in [0.3, 0.4) is 0 Å². The van der Waals surface area contributed by atoms with E-state index in [9.17, 15) is 13.6 Å². The normalized spacial score (nSPS) is 10.5. The zero-order valence-electron chi connectivity index (χ0n) is 8.80. The SMILES string of the molecule is Cc1ccc(F)c(C(=O)OC(C)C)c1F. The topological polar surface area (TPSA) is 26.3 Å². The molecule has 82 valence electrons. The van der Waals surface area contributed by atoms with Crippen molar-refractivity contribution in [2.45, 2.75) is 26.9 Å². The second kappa shape index (κ2) is 4.38. The Morgan fingerprint density at radius 3 is 2.47 bits per heavy atom. The molecule has 0 unspecified atom stereocenters. The highest BCUT2D eigenvalue weighted by Gasteiger charge is 2.21. The minimum Gasteiger partial charge on any atom is -0.459 e. The highest BCUT2D eigenvalue weighted by Crippen LogP contribution is 2.17. The molecule has 0 bridgehead atoms. The molecule has 1 aromatic rings. The van der Waals surface area contributed by atoms with E-state index < -0.39 is 29.3 Å². The highest BCUT2D eigenvalue weighted by molar-refractivity contribution is 5.90.